The number of halogens is 2. The molecule has 0 bridgehead atoms. The smallest absolute Gasteiger partial charge is 0.258 e. The highest BCUT2D eigenvalue weighted by molar-refractivity contribution is 5.78. The van der Waals surface area contributed by atoms with Gasteiger partial charge in [0.15, 0.2) is 23.5 Å². The van der Waals surface area contributed by atoms with E-state index in [-0.39, 0.29) is 0 Å². The van der Waals surface area contributed by atoms with Crippen LogP contribution < -0.4 is 15.8 Å². The molecule has 3 N–H and O–H groups in total. The highest BCUT2D eigenvalue weighted by Crippen LogP contribution is 2.25. The van der Waals surface area contributed by atoms with Gasteiger partial charge < -0.3 is 15.8 Å². The molecule has 0 radical (unpaired) electrons. The Balaban J connectivity index is 2.09. The van der Waals surface area contributed by atoms with Crippen molar-refractivity contribution in [2.75, 3.05) is 0 Å². The van der Waals surface area contributed by atoms with Crippen LogP contribution in [0.2, 0.25) is 0 Å². The third kappa shape index (κ3) is 3.64. The number of carbonyl (C=O) groups is 1. The second-order valence-corrected chi connectivity index (χ2v) is 4.71. The van der Waals surface area contributed by atoms with Gasteiger partial charge >= 0.3 is 0 Å². The van der Waals surface area contributed by atoms with Gasteiger partial charge in [-0.1, -0.05) is 0 Å². The van der Waals surface area contributed by atoms with Crippen LogP contribution in [0.3, 0.4) is 0 Å². The summed E-state index contributed by atoms with van der Waals surface area (Å²) in [5.74, 6) is -3.01. The predicted octanol–water partition coefficient (Wildman–Crippen LogP) is 1.47. The molecule has 4 nitrogen and oxygen atoms in total. The van der Waals surface area contributed by atoms with Crippen molar-refractivity contribution >= 4 is 5.91 Å². The van der Waals surface area contributed by atoms with Crippen LogP contribution in [0.4, 0.5) is 8.78 Å². The Morgan fingerprint density at radius 1 is 1.47 bits per heavy atom. The summed E-state index contributed by atoms with van der Waals surface area (Å²) in [6, 6.07) is 2.85. The van der Waals surface area contributed by atoms with Crippen molar-refractivity contribution in [3.63, 3.8) is 0 Å². The van der Waals surface area contributed by atoms with Crippen LogP contribution in [-0.2, 0) is 11.3 Å². The Labute approximate surface area is 109 Å². The number of benzene rings is 1. The summed E-state index contributed by atoms with van der Waals surface area (Å²) >= 11 is 0. The van der Waals surface area contributed by atoms with Gasteiger partial charge in [-0.25, -0.2) is 8.78 Å². The maximum atomic E-state index is 13.7. The number of amides is 1. The molecule has 6 heteroatoms. The minimum Gasteiger partial charge on any atom is -0.475 e. The molecule has 2 rings (SSSR count). The molecule has 1 saturated carbocycles. The number of ether oxygens (including phenoxy) is 1. The summed E-state index contributed by atoms with van der Waals surface area (Å²) in [7, 11) is 0. The Bertz CT molecular complexity index is 467. The Morgan fingerprint density at radius 2 is 2.05 bits per heavy atom. The van der Waals surface area contributed by atoms with Gasteiger partial charge in [0, 0.05) is 12.6 Å². The van der Waals surface area contributed by atoms with Crippen LogP contribution >= 0.6 is 0 Å². The molecule has 104 valence electrons. The summed E-state index contributed by atoms with van der Waals surface area (Å²) < 4.78 is 32.3. The van der Waals surface area contributed by atoms with Crippen LogP contribution in [0.25, 0.3) is 0 Å². The van der Waals surface area contributed by atoms with E-state index < -0.39 is 29.4 Å². The Hall–Kier alpha value is -1.69. The molecule has 0 aliphatic heterocycles. The van der Waals surface area contributed by atoms with Gasteiger partial charge in [0.1, 0.15) is 0 Å². The summed E-state index contributed by atoms with van der Waals surface area (Å²) in [4.78, 5) is 10.8. The molecule has 0 saturated heterocycles. The third-order valence-corrected chi connectivity index (χ3v) is 2.93. The van der Waals surface area contributed by atoms with E-state index in [1.165, 1.54) is 19.1 Å². The monoisotopic (exact) mass is 270 g/mol. The molecule has 1 atom stereocenters. The molecule has 19 heavy (non-hydrogen) atoms. The summed E-state index contributed by atoms with van der Waals surface area (Å²) in [5.41, 5.74) is 5.48. The van der Waals surface area contributed by atoms with E-state index in [1.54, 1.807) is 0 Å². The standard InChI is InChI=1S/C13H16F2N2O2/c1-7(13(16)18)19-12-10(14)4-8(5-11(12)15)6-17-9-2-3-9/h4-5,7,9,17H,2-3,6H2,1H3,(H2,16,18). The molecule has 1 unspecified atom stereocenters. The normalized spacial score (nSPS) is 16.2. The van der Waals surface area contributed by atoms with Crippen molar-refractivity contribution in [1.82, 2.24) is 5.32 Å². The van der Waals surface area contributed by atoms with E-state index >= 15 is 0 Å². The van der Waals surface area contributed by atoms with E-state index in [9.17, 15) is 13.6 Å². The van der Waals surface area contributed by atoms with Crippen molar-refractivity contribution in [2.24, 2.45) is 5.73 Å². The minimum absolute atomic E-state index is 0.407. The third-order valence-electron chi connectivity index (χ3n) is 2.93. The highest BCUT2D eigenvalue weighted by Gasteiger charge is 2.21. The van der Waals surface area contributed by atoms with Crippen LogP contribution in [-0.4, -0.2) is 18.1 Å². The number of primary amides is 1. The lowest BCUT2D eigenvalue weighted by Crippen LogP contribution is -2.31. The average Bonchev–Trinajstić information content (AvgIpc) is 3.14. The first-order valence-corrected chi connectivity index (χ1v) is 6.14. The molecular formula is C13H16F2N2O2. The van der Waals surface area contributed by atoms with Crippen molar-refractivity contribution in [3.05, 3.63) is 29.3 Å². The zero-order valence-electron chi connectivity index (χ0n) is 10.6. The quantitative estimate of drug-likeness (QED) is 0.822. The first kappa shape index (κ1) is 13.7. The molecule has 1 aromatic carbocycles. The second kappa shape index (κ2) is 5.52. The number of nitrogens with two attached hydrogens (primary N) is 1. The SMILES string of the molecule is CC(Oc1c(F)cc(CNC2CC2)cc1F)C(N)=O. The first-order valence-electron chi connectivity index (χ1n) is 6.14. The lowest BCUT2D eigenvalue weighted by atomic mass is 10.2. The van der Waals surface area contributed by atoms with Crippen molar-refractivity contribution in [3.8, 4) is 5.75 Å². The highest BCUT2D eigenvalue weighted by atomic mass is 19.1. The molecule has 1 aliphatic carbocycles. The summed E-state index contributed by atoms with van der Waals surface area (Å²) in [6.45, 7) is 1.74. The fourth-order valence-corrected chi connectivity index (χ4v) is 1.61. The largest absolute Gasteiger partial charge is 0.475 e. The van der Waals surface area contributed by atoms with Crippen LogP contribution in [0.5, 0.6) is 5.75 Å². The Morgan fingerprint density at radius 3 is 2.53 bits per heavy atom. The van der Waals surface area contributed by atoms with E-state index in [0.717, 1.165) is 12.8 Å². The molecule has 1 aromatic rings. The first-order chi connectivity index (χ1) is 8.97. The molecule has 1 aliphatic rings. The number of hydrogen-bond donors (Lipinski definition) is 2. The second-order valence-electron chi connectivity index (χ2n) is 4.71. The zero-order chi connectivity index (χ0) is 14.0. The fraction of sp³-hybridized carbons (Fsp3) is 0.462. The fourth-order valence-electron chi connectivity index (χ4n) is 1.61. The van der Waals surface area contributed by atoms with Crippen molar-refractivity contribution in [2.45, 2.75) is 38.5 Å². The maximum Gasteiger partial charge on any atom is 0.258 e. The molecule has 0 heterocycles. The van der Waals surface area contributed by atoms with Crippen molar-refractivity contribution in [1.29, 1.82) is 0 Å². The van der Waals surface area contributed by atoms with E-state index in [1.807, 2.05) is 0 Å². The van der Waals surface area contributed by atoms with Gasteiger partial charge in [0.2, 0.25) is 0 Å². The molecule has 0 aromatic heterocycles. The number of nitrogens with one attached hydrogen (secondary N) is 1. The van der Waals surface area contributed by atoms with Crippen LogP contribution in [0.15, 0.2) is 12.1 Å². The topological polar surface area (TPSA) is 64.3 Å². The molecular weight excluding hydrogens is 254 g/mol. The van der Waals surface area contributed by atoms with Crippen molar-refractivity contribution < 1.29 is 18.3 Å². The average molecular weight is 270 g/mol. The van der Waals surface area contributed by atoms with Gasteiger partial charge in [-0.2, -0.15) is 0 Å². The van der Waals surface area contributed by atoms with Gasteiger partial charge in [-0.15, -0.1) is 0 Å². The van der Waals surface area contributed by atoms with E-state index in [2.05, 4.69) is 5.32 Å². The van der Waals surface area contributed by atoms with Gasteiger partial charge in [0.05, 0.1) is 0 Å². The van der Waals surface area contributed by atoms with Gasteiger partial charge in [-0.3, -0.25) is 4.79 Å². The summed E-state index contributed by atoms with van der Waals surface area (Å²) in [5, 5.41) is 3.16. The Kier molecular flexibility index (Phi) is 3.99. The minimum atomic E-state index is -1.08. The molecule has 1 fully saturated rings. The number of rotatable bonds is 6. The van der Waals surface area contributed by atoms with Crippen LogP contribution in [0, 0.1) is 11.6 Å². The predicted molar refractivity (Wildman–Crippen MR) is 65.5 cm³/mol. The van der Waals surface area contributed by atoms with Crippen LogP contribution in [0.1, 0.15) is 25.3 Å². The number of carbonyl (C=O) groups excluding carboxylic acids is 1. The lowest BCUT2D eigenvalue weighted by molar-refractivity contribution is -0.124. The summed E-state index contributed by atoms with van der Waals surface area (Å²) in [6.07, 6.45) is 1.12. The number of hydrogen-bond acceptors (Lipinski definition) is 3. The molecule has 0 spiro atoms. The molecule has 1 amide bonds. The van der Waals surface area contributed by atoms with Gasteiger partial charge in [0.25, 0.3) is 5.91 Å². The van der Waals surface area contributed by atoms with E-state index in [4.69, 9.17) is 10.5 Å². The zero-order valence-corrected chi connectivity index (χ0v) is 10.6. The lowest BCUT2D eigenvalue weighted by Gasteiger charge is -2.14. The maximum absolute atomic E-state index is 13.7. The van der Waals surface area contributed by atoms with Gasteiger partial charge in [-0.05, 0) is 37.5 Å². The van der Waals surface area contributed by atoms with E-state index in [0.29, 0.717) is 18.2 Å².